The molecule has 2 atom stereocenters. The summed E-state index contributed by atoms with van der Waals surface area (Å²) in [5, 5.41) is -0.685. The number of unbranched alkanes of at least 4 members (excludes halogenated alkanes) is 1. The fourth-order valence-electron chi connectivity index (χ4n) is 1.74. The van der Waals surface area contributed by atoms with Crippen LogP contribution in [0.3, 0.4) is 0 Å². The van der Waals surface area contributed by atoms with Gasteiger partial charge < -0.3 is 9.29 Å². The van der Waals surface area contributed by atoms with E-state index in [0.717, 1.165) is 12.8 Å². The van der Waals surface area contributed by atoms with Gasteiger partial charge in [0.25, 0.3) is 0 Å². The van der Waals surface area contributed by atoms with E-state index in [0.29, 0.717) is 16.9 Å². The van der Waals surface area contributed by atoms with Crippen LogP contribution in [0.2, 0.25) is 0 Å². The molecule has 0 aliphatic rings. The van der Waals surface area contributed by atoms with Crippen molar-refractivity contribution in [3.05, 3.63) is 29.6 Å². The molecule has 0 unspecified atom stereocenters. The number of halogens is 1. The number of esters is 1. The summed E-state index contributed by atoms with van der Waals surface area (Å²) in [5.74, 6) is -0.822. The van der Waals surface area contributed by atoms with Crippen molar-refractivity contribution in [3.63, 3.8) is 0 Å². The average molecular weight is 286 g/mol. The number of carbonyl (C=O) groups excluding carboxylic acids is 1. The molecule has 0 saturated carbocycles. The summed E-state index contributed by atoms with van der Waals surface area (Å²) in [6.07, 6.45) is 2.21. The van der Waals surface area contributed by atoms with Crippen LogP contribution in [-0.4, -0.2) is 22.9 Å². The van der Waals surface area contributed by atoms with Crippen molar-refractivity contribution in [2.75, 3.05) is 7.11 Å². The second-order valence-electron chi connectivity index (χ2n) is 4.36. The van der Waals surface area contributed by atoms with Crippen molar-refractivity contribution in [3.8, 4) is 0 Å². The van der Waals surface area contributed by atoms with Crippen molar-refractivity contribution in [2.45, 2.75) is 43.3 Å². The van der Waals surface area contributed by atoms with Crippen LogP contribution in [0.25, 0.3) is 0 Å². The predicted octanol–water partition coefficient (Wildman–Crippen LogP) is 2.97. The van der Waals surface area contributed by atoms with Crippen LogP contribution >= 0.6 is 0 Å². The van der Waals surface area contributed by atoms with Crippen molar-refractivity contribution in [1.29, 1.82) is 0 Å². The highest BCUT2D eigenvalue weighted by Crippen LogP contribution is 2.23. The standard InChI is InChI=1S/C14H19FO3S/c1-4-5-6-13(14(16)18-3)19(17)11-7-8-12(15)10(2)9-11/h7-9,13H,4-6H2,1-3H3/t13-,19+/m1/s1. The zero-order chi connectivity index (χ0) is 14.4. The third-order valence-electron chi connectivity index (χ3n) is 2.90. The minimum atomic E-state index is -1.51. The largest absolute Gasteiger partial charge is 0.611 e. The molecule has 0 bridgehead atoms. The van der Waals surface area contributed by atoms with Gasteiger partial charge in [0.15, 0.2) is 4.90 Å². The molecule has 5 heteroatoms. The minimum Gasteiger partial charge on any atom is -0.611 e. The number of ether oxygens (including phenoxy) is 1. The summed E-state index contributed by atoms with van der Waals surface area (Å²) < 4.78 is 30.3. The maximum Gasteiger partial charge on any atom is 0.359 e. The van der Waals surface area contributed by atoms with Crippen molar-refractivity contribution < 1.29 is 18.5 Å². The molecule has 0 spiro atoms. The molecular formula is C14H19FO3S. The van der Waals surface area contributed by atoms with E-state index in [1.165, 1.54) is 25.3 Å². The number of carbonyl (C=O) groups is 1. The Morgan fingerprint density at radius 1 is 1.53 bits per heavy atom. The summed E-state index contributed by atoms with van der Waals surface area (Å²) in [6, 6.07) is 4.25. The zero-order valence-corrected chi connectivity index (χ0v) is 12.3. The van der Waals surface area contributed by atoms with Crippen LogP contribution in [0.5, 0.6) is 0 Å². The topological polar surface area (TPSA) is 49.4 Å². The van der Waals surface area contributed by atoms with Crippen LogP contribution in [0.15, 0.2) is 23.1 Å². The Labute approximate surface area is 116 Å². The molecule has 19 heavy (non-hydrogen) atoms. The number of aryl methyl sites for hydroxylation is 1. The van der Waals surface area contributed by atoms with E-state index in [9.17, 15) is 13.7 Å². The van der Waals surface area contributed by atoms with Crippen LogP contribution in [0, 0.1) is 12.7 Å². The molecule has 106 valence electrons. The van der Waals surface area contributed by atoms with Gasteiger partial charge in [-0.15, -0.1) is 0 Å². The van der Waals surface area contributed by atoms with E-state index in [4.69, 9.17) is 4.74 Å². The lowest BCUT2D eigenvalue weighted by molar-refractivity contribution is -0.140. The van der Waals surface area contributed by atoms with E-state index < -0.39 is 22.4 Å². The van der Waals surface area contributed by atoms with Crippen LogP contribution < -0.4 is 0 Å². The highest BCUT2D eigenvalue weighted by Gasteiger charge is 2.32. The molecule has 0 aliphatic carbocycles. The Balaban J connectivity index is 2.93. The lowest BCUT2D eigenvalue weighted by Crippen LogP contribution is -2.31. The molecule has 0 saturated heterocycles. The first-order valence-corrected chi connectivity index (χ1v) is 7.47. The number of hydrogen-bond acceptors (Lipinski definition) is 3. The Kier molecular flexibility index (Phi) is 6.31. The summed E-state index contributed by atoms with van der Waals surface area (Å²) in [6.45, 7) is 3.61. The molecule has 1 aromatic rings. The minimum absolute atomic E-state index is 0.344. The zero-order valence-electron chi connectivity index (χ0n) is 11.4. The highest BCUT2D eigenvalue weighted by atomic mass is 32.2. The van der Waals surface area contributed by atoms with Gasteiger partial charge in [0.2, 0.25) is 5.25 Å². The van der Waals surface area contributed by atoms with Gasteiger partial charge in [0.05, 0.1) is 7.11 Å². The molecular weight excluding hydrogens is 267 g/mol. The third-order valence-corrected chi connectivity index (χ3v) is 4.57. The van der Waals surface area contributed by atoms with Crippen molar-refractivity contribution >= 4 is 17.1 Å². The lowest BCUT2D eigenvalue weighted by Gasteiger charge is -2.19. The summed E-state index contributed by atoms with van der Waals surface area (Å²) in [4.78, 5) is 12.2. The SMILES string of the molecule is CCCC[C@H](C(=O)OC)[S@@+]([O-])c1ccc(F)c(C)c1. The molecule has 0 fully saturated rings. The Hall–Kier alpha value is -1.07. The van der Waals surface area contributed by atoms with E-state index in [1.807, 2.05) is 6.92 Å². The Morgan fingerprint density at radius 2 is 2.21 bits per heavy atom. The second kappa shape index (κ2) is 7.50. The van der Waals surface area contributed by atoms with E-state index in [-0.39, 0.29) is 5.82 Å². The van der Waals surface area contributed by atoms with Gasteiger partial charge in [-0.3, -0.25) is 0 Å². The maximum atomic E-state index is 13.2. The average Bonchev–Trinajstić information content (AvgIpc) is 2.41. The molecule has 3 nitrogen and oxygen atoms in total. The van der Waals surface area contributed by atoms with Gasteiger partial charge in [0, 0.05) is 6.42 Å². The highest BCUT2D eigenvalue weighted by molar-refractivity contribution is 7.92. The number of hydrogen-bond donors (Lipinski definition) is 0. The smallest absolute Gasteiger partial charge is 0.359 e. The molecule has 1 rings (SSSR count). The molecule has 0 aromatic heterocycles. The molecule has 0 aliphatic heterocycles. The van der Waals surface area contributed by atoms with Crippen LogP contribution in [0.1, 0.15) is 31.7 Å². The van der Waals surface area contributed by atoms with Gasteiger partial charge in [-0.1, -0.05) is 13.3 Å². The first kappa shape index (κ1) is 16.0. The van der Waals surface area contributed by atoms with Crippen LogP contribution in [0.4, 0.5) is 4.39 Å². The Bertz CT molecular complexity index is 437. The second-order valence-corrected chi connectivity index (χ2v) is 6.00. The van der Waals surface area contributed by atoms with Crippen molar-refractivity contribution in [1.82, 2.24) is 0 Å². The summed E-state index contributed by atoms with van der Waals surface area (Å²) in [7, 11) is 1.29. The van der Waals surface area contributed by atoms with Gasteiger partial charge in [-0.25, -0.2) is 9.18 Å². The monoisotopic (exact) mass is 286 g/mol. The molecule has 0 N–H and O–H groups in total. The quantitative estimate of drug-likeness (QED) is 0.596. The van der Waals surface area contributed by atoms with Gasteiger partial charge in [-0.05, 0) is 48.3 Å². The van der Waals surface area contributed by atoms with Gasteiger partial charge in [-0.2, -0.15) is 0 Å². The van der Waals surface area contributed by atoms with Crippen LogP contribution in [-0.2, 0) is 20.7 Å². The predicted molar refractivity (Wildman–Crippen MR) is 72.9 cm³/mol. The van der Waals surface area contributed by atoms with Crippen molar-refractivity contribution in [2.24, 2.45) is 0 Å². The fraction of sp³-hybridized carbons (Fsp3) is 0.500. The first-order chi connectivity index (χ1) is 9.01. The number of methoxy groups -OCH3 is 1. The van der Waals surface area contributed by atoms with E-state index in [1.54, 1.807) is 6.92 Å². The molecule has 0 radical (unpaired) electrons. The van der Waals surface area contributed by atoms with E-state index in [2.05, 4.69) is 0 Å². The normalized spacial score (nSPS) is 13.9. The molecule has 1 aromatic carbocycles. The summed E-state index contributed by atoms with van der Waals surface area (Å²) >= 11 is -1.51. The third kappa shape index (κ3) is 4.21. The lowest BCUT2D eigenvalue weighted by atomic mass is 10.2. The summed E-state index contributed by atoms with van der Waals surface area (Å²) in [5.41, 5.74) is 0.421. The number of rotatable bonds is 6. The fourth-order valence-corrected chi connectivity index (χ4v) is 3.22. The van der Waals surface area contributed by atoms with Gasteiger partial charge in [0.1, 0.15) is 5.82 Å². The first-order valence-electron chi connectivity index (χ1n) is 6.25. The van der Waals surface area contributed by atoms with E-state index >= 15 is 0 Å². The maximum absolute atomic E-state index is 13.2. The molecule has 0 amide bonds. The Morgan fingerprint density at radius 3 is 2.74 bits per heavy atom. The van der Waals surface area contributed by atoms with Gasteiger partial charge >= 0.3 is 5.97 Å². The number of benzene rings is 1. The molecule has 0 heterocycles.